The summed E-state index contributed by atoms with van der Waals surface area (Å²) in [6, 6.07) is 10.1. The Labute approximate surface area is 154 Å². The summed E-state index contributed by atoms with van der Waals surface area (Å²) >= 11 is 0. The second-order valence-electron chi connectivity index (χ2n) is 7.92. The molecule has 3 aliphatic heterocycles. The largest absolute Gasteiger partial charge is 0.465 e. The van der Waals surface area contributed by atoms with Crippen LogP contribution in [0.1, 0.15) is 19.4 Å². The van der Waals surface area contributed by atoms with Crippen molar-refractivity contribution in [2.45, 2.75) is 32.0 Å². The van der Waals surface area contributed by atoms with Gasteiger partial charge in [-0.2, -0.15) is 0 Å². The minimum atomic E-state index is -0.653. The van der Waals surface area contributed by atoms with Crippen molar-refractivity contribution in [1.82, 2.24) is 4.90 Å². The molecular weight excluding hydrogens is 330 g/mol. The third-order valence-corrected chi connectivity index (χ3v) is 5.52. The summed E-state index contributed by atoms with van der Waals surface area (Å²) in [5.41, 5.74) is 0.545. The molecule has 1 spiro atoms. The van der Waals surface area contributed by atoms with Gasteiger partial charge >= 0.3 is 5.97 Å². The highest BCUT2D eigenvalue weighted by Gasteiger charge is 2.67. The Hall–Kier alpha value is -2.14. The Balaban J connectivity index is 1.47. The fourth-order valence-corrected chi connectivity index (χ4v) is 4.29. The molecule has 5 heteroatoms. The Kier molecular flexibility index (Phi) is 4.35. The number of likely N-dealkylation sites (tertiary alicyclic amines) is 1. The van der Waals surface area contributed by atoms with E-state index in [1.165, 1.54) is 5.56 Å². The van der Waals surface area contributed by atoms with Gasteiger partial charge in [0.25, 0.3) is 0 Å². The number of esters is 1. The summed E-state index contributed by atoms with van der Waals surface area (Å²) in [6.45, 7) is 5.52. The molecule has 0 radical (unpaired) electrons. The van der Waals surface area contributed by atoms with E-state index in [4.69, 9.17) is 9.47 Å². The van der Waals surface area contributed by atoms with Crippen LogP contribution in [0.3, 0.4) is 0 Å². The van der Waals surface area contributed by atoms with Gasteiger partial charge in [-0.1, -0.05) is 56.3 Å². The van der Waals surface area contributed by atoms with E-state index in [2.05, 4.69) is 12.1 Å². The first-order valence-electron chi connectivity index (χ1n) is 9.37. The van der Waals surface area contributed by atoms with Crippen LogP contribution in [-0.2, 0) is 25.5 Å². The number of ether oxygens (including phenoxy) is 2. The van der Waals surface area contributed by atoms with Gasteiger partial charge in [-0.3, -0.25) is 9.59 Å². The average Bonchev–Trinajstić information content (AvgIpc) is 3.27. The molecule has 3 aliphatic rings. The Bertz CT molecular complexity index is 729. The van der Waals surface area contributed by atoms with Crippen molar-refractivity contribution in [2.24, 2.45) is 17.8 Å². The summed E-state index contributed by atoms with van der Waals surface area (Å²) in [7, 11) is 0. The monoisotopic (exact) mass is 355 g/mol. The lowest BCUT2D eigenvalue weighted by molar-refractivity contribution is -0.154. The molecule has 138 valence electrons. The molecule has 2 bridgehead atoms. The zero-order chi connectivity index (χ0) is 18.3. The fraction of sp³-hybridized carbons (Fsp3) is 0.524. The van der Waals surface area contributed by atoms with Gasteiger partial charge in [-0.25, -0.2) is 0 Å². The number of hydrogen-bond acceptors (Lipinski definition) is 4. The lowest BCUT2D eigenvalue weighted by Crippen LogP contribution is -2.40. The minimum Gasteiger partial charge on any atom is -0.465 e. The van der Waals surface area contributed by atoms with Crippen molar-refractivity contribution in [3.63, 3.8) is 0 Å². The highest BCUT2D eigenvalue weighted by molar-refractivity contribution is 5.91. The molecule has 4 atom stereocenters. The highest BCUT2D eigenvalue weighted by atomic mass is 16.6. The number of amides is 1. The van der Waals surface area contributed by atoms with Crippen LogP contribution in [0.2, 0.25) is 0 Å². The number of fused-ring (bicyclic) bond motifs is 1. The maximum absolute atomic E-state index is 13.1. The molecule has 1 amide bonds. The summed E-state index contributed by atoms with van der Waals surface area (Å²) in [5.74, 6) is -0.997. The van der Waals surface area contributed by atoms with Gasteiger partial charge in [0.2, 0.25) is 5.91 Å². The van der Waals surface area contributed by atoms with Gasteiger partial charge in [0.1, 0.15) is 11.5 Å². The van der Waals surface area contributed by atoms with Crippen LogP contribution in [0.4, 0.5) is 0 Å². The van der Waals surface area contributed by atoms with Crippen molar-refractivity contribution < 1.29 is 19.1 Å². The first-order valence-corrected chi connectivity index (χ1v) is 9.37. The van der Waals surface area contributed by atoms with Gasteiger partial charge in [-0.05, 0) is 17.9 Å². The zero-order valence-electron chi connectivity index (χ0n) is 15.3. The van der Waals surface area contributed by atoms with Crippen LogP contribution in [0, 0.1) is 17.8 Å². The van der Waals surface area contributed by atoms with Gasteiger partial charge in [0, 0.05) is 6.54 Å². The third kappa shape index (κ3) is 2.84. The molecule has 0 N–H and O–H groups in total. The van der Waals surface area contributed by atoms with Crippen molar-refractivity contribution in [1.29, 1.82) is 0 Å². The lowest BCUT2D eigenvalue weighted by Gasteiger charge is -2.23. The quantitative estimate of drug-likeness (QED) is 0.580. The Morgan fingerprint density at radius 1 is 1.35 bits per heavy atom. The average molecular weight is 355 g/mol. The summed E-state index contributed by atoms with van der Waals surface area (Å²) in [5, 5.41) is 0. The molecule has 5 nitrogen and oxygen atoms in total. The van der Waals surface area contributed by atoms with Crippen LogP contribution in [0.25, 0.3) is 0 Å². The normalized spacial score (nSPS) is 31.7. The van der Waals surface area contributed by atoms with Crippen LogP contribution < -0.4 is 0 Å². The standard InChI is InChI=1S/C21H25NO4/c1-14(2)12-25-20(24)17-16-8-10-21(26-16)13-22(19(23)18(17)21)11-9-15-6-4-3-5-7-15/h3-8,10,14,16-18H,9,11-13H2,1-2H3. The smallest absolute Gasteiger partial charge is 0.312 e. The minimum absolute atomic E-state index is 0.0132. The van der Waals surface area contributed by atoms with E-state index >= 15 is 0 Å². The van der Waals surface area contributed by atoms with Gasteiger partial charge in [0.05, 0.1) is 25.2 Å². The van der Waals surface area contributed by atoms with Gasteiger partial charge < -0.3 is 14.4 Å². The van der Waals surface area contributed by atoms with E-state index in [0.717, 1.165) is 6.42 Å². The van der Waals surface area contributed by atoms with Crippen LogP contribution in [0.5, 0.6) is 0 Å². The lowest BCUT2D eigenvalue weighted by atomic mass is 9.77. The van der Waals surface area contributed by atoms with Crippen LogP contribution >= 0.6 is 0 Å². The summed E-state index contributed by atoms with van der Waals surface area (Å²) in [6.07, 6.45) is 4.37. The van der Waals surface area contributed by atoms with Crippen molar-refractivity contribution in [3.8, 4) is 0 Å². The number of hydrogen-bond donors (Lipinski definition) is 0. The fourth-order valence-electron chi connectivity index (χ4n) is 4.29. The predicted molar refractivity (Wildman–Crippen MR) is 96.2 cm³/mol. The number of nitrogens with zero attached hydrogens (tertiary/aromatic N) is 1. The molecular formula is C21H25NO4. The maximum atomic E-state index is 13.1. The molecule has 1 aromatic carbocycles. The molecule has 0 aromatic heterocycles. The first-order chi connectivity index (χ1) is 12.5. The predicted octanol–water partition coefficient (Wildman–Crippen LogP) is 2.21. The molecule has 4 rings (SSSR count). The van der Waals surface area contributed by atoms with E-state index in [1.807, 2.05) is 49.1 Å². The van der Waals surface area contributed by atoms with E-state index < -0.39 is 17.4 Å². The molecule has 0 saturated carbocycles. The van der Waals surface area contributed by atoms with Gasteiger partial charge in [0.15, 0.2) is 0 Å². The molecule has 0 aliphatic carbocycles. The second kappa shape index (κ2) is 6.54. The molecule has 26 heavy (non-hydrogen) atoms. The Morgan fingerprint density at radius 2 is 2.12 bits per heavy atom. The SMILES string of the molecule is CC(C)COC(=O)C1C2C=CC3(CN(CCc4ccccc4)C(=O)C13)O2. The number of carbonyl (C=O) groups excluding carboxylic acids is 2. The van der Waals surface area contributed by atoms with Gasteiger partial charge in [-0.15, -0.1) is 0 Å². The molecule has 3 heterocycles. The topological polar surface area (TPSA) is 55.8 Å². The summed E-state index contributed by atoms with van der Waals surface area (Å²) < 4.78 is 11.5. The second-order valence-corrected chi connectivity index (χ2v) is 7.92. The highest BCUT2D eigenvalue weighted by Crippen LogP contribution is 2.52. The number of rotatable bonds is 6. The number of carbonyl (C=O) groups is 2. The molecule has 2 fully saturated rings. The van der Waals surface area contributed by atoms with Crippen LogP contribution in [0.15, 0.2) is 42.5 Å². The van der Waals surface area contributed by atoms with Crippen molar-refractivity contribution >= 4 is 11.9 Å². The van der Waals surface area contributed by atoms with E-state index in [-0.39, 0.29) is 23.9 Å². The van der Waals surface area contributed by atoms with Crippen molar-refractivity contribution in [3.05, 3.63) is 48.0 Å². The Morgan fingerprint density at radius 3 is 2.85 bits per heavy atom. The third-order valence-electron chi connectivity index (χ3n) is 5.52. The number of benzene rings is 1. The van der Waals surface area contributed by atoms with E-state index in [9.17, 15) is 9.59 Å². The molecule has 1 aromatic rings. The van der Waals surface area contributed by atoms with E-state index in [1.54, 1.807) is 0 Å². The zero-order valence-corrected chi connectivity index (χ0v) is 15.3. The van der Waals surface area contributed by atoms with E-state index in [0.29, 0.717) is 19.7 Å². The first kappa shape index (κ1) is 17.3. The molecule has 4 unspecified atom stereocenters. The maximum Gasteiger partial charge on any atom is 0.312 e. The molecule has 2 saturated heterocycles. The summed E-state index contributed by atoms with van der Waals surface area (Å²) in [4.78, 5) is 27.5. The van der Waals surface area contributed by atoms with Crippen molar-refractivity contribution in [2.75, 3.05) is 19.7 Å². The van der Waals surface area contributed by atoms with Crippen LogP contribution in [-0.4, -0.2) is 48.2 Å².